The Hall–Kier alpha value is -5.40. The fraction of sp³-hybridized carbons (Fsp3) is 0.286. The molecule has 11 rings (SSSR count). The Morgan fingerprint density at radius 2 is 1.25 bits per heavy atom. The molecule has 3 saturated carbocycles. The number of nitrogens with zero attached hydrogens (tertiary/aromatic N) is 1. The average Bonchev–Trinajstić information content (AvgIpc) is 3.97. The summed E-state index contributed by atoms with van der Waals surface area (Å²) < 4.78 is 0. The van der Waals surface area contributed by atoms with Crippen molar-refractivity contribution in [3.63, 3.8) is 0 Å². The first-order valence-electron chi connectivity index (χ1n) is 21.9. The van der Waals surface area contributed by atoms with Crippen LogP contribution in [0.5, 0.6) is 0 Å². The first kappa shape index (κ1) is 34.8. The van der Waals surface area contributed by atoms with Crippen molar-refractivity contribution in [2.24, 2.45) is 11.8 Å². The lowest BCUT2D eigenvalue weighted by molar-refractivity contribution is 0.420. The second kappa shape index (κ2) is 13.9. The van der Waals surface area contributed by atoms with Gasteiger partial charge in [-0.1, -0.05) is 149 Å². The summed E-state index contributed by atoms with van der Waals surface area (Å²) in [5, 5.41) is 2.54. The van der Waals surface area contributed by atoms with Crippen LogP contribution < -0.4 is 4.90 Å². The summed E-state index contributed by atoms with van der Waals surface area (Å²) in [6.45, 7) is 4.82. The summed E-state index contributed by atoms with van der Waals surface area (Å²) in [7, 11) is 0. The van der Waals surface area contributed by atoms with E-state index in [2.05, 4.69) is 170 Å². The zero-order valence-electron chi connectivity index (χ0n) is 33.6. The monoisotopic (exact) mass is 739 g/mol. The molecule has 3 fully saturated rings. The minimum absolute atomic E-state index is 0.124. The first-order valence-corrected chi connectivity index (χ1v) is 21.9. The minimum Gasteiger partial charge on any atom is -0.310 e. The van der Waals surface area contributed by atoms with Crippen LogP contribution in [-0.2, 0) is 5.41 Å². The van der Waals surface area contributed by atoms with Gasteiger partial charge in [-0.05, 0) is 159 Å². The number of fused-ring (bicyclic) bond motifs is 6. The summed E-state index contributed by atoms with van der Waals surface area (Å²) in [4.78, 5) is 2.58. The third-order valence-electron chi connectivity index (χ3n) is 14.7. The molecule has 0 heterocycles. The Bertz CT molecular complexity index is 2620. The molecule has 0 spiro atoms. The molecule has 57 heavy (non-hydrogen) atoms. The normalized spacial score (nSPS) is 20.8. The topological polar surface area (TPSA) is 3.24 Å². The molecule has 0 aliphatic heterocycles. The highest BCUT2D eigenvalue weighted by molar-refractivity contribution is 5.97. The zero-order chi connectivity index (χ0) is 38.1. The van der Waals surface area contributed by atoms with Crippen molar-refractivity contribution >= 4 is 27.8 Å². The van der Waals surface area contributed by atoms with Gasteiger partial charge >= 0.3 is 0 Å². The average molecular weight is 740 g/mol. The van der Waals surface area contributed by atoms with Gasteiger partial charge in [-0.15, -0.1) is 0 Å². The van der Waals surface area contributed by atoms with Gasteiger partial charge in [0.05, 0.1) is 5.69 Å². The van der Waals surface area contributed by atoms with Crippen molar-refractivity contribution in [2.45, 2.75) is 88.9 Å². The quantitative estimate of drug-likeness (QED) is 0.157. The van der Waals surface area contributed by atoms with E-state index >= 15 is 0 Å². The van der Waals surface area contributed by atoms with E-state index in [1.54, 1.807) is 0 Å². The molecule has 0 radical (unpaired) electrons. The summed E-state index contributed by atoms with van der Waals surface area (Å²) in [6.07, 6.45) is 12.2. The van der Waals surface area contributed by atoms with Gasteiger partial charge < -0.3 is 4.90 Å². The van der Waals surface area contributed by atoms with Crippen LogP contribution in [0.25, 0.3) is 44.2 Å². The molecule has 3 unspecified atom stereocenters. The first-order chi connectivity index (χ1) is 28.0. The Labute approximate surface area is 339 Å². The number of anilines is 3. The van der Waals surface area contributed by atoms with Gasteiger partial charge in [0.2, 0.25) is 0 Å². The smallest absolute Gasteiger partial charge is 0.0543 e. The van der Waals surface area contributed by atoms with Crippen molar-refractivity contribution in [1.29, 1.82) is 0 Å². The van der Waals surface area contributed by atoms with Crippen LogP contribution in [0.3, 0.4) is 0 Å². The van der Waals surface area contributed by atoms with Crippen LogP contribution in [0.15, 0.2) is 152 Å². The summed E-state index contributed by atoms with van der Waals surface area (Å²) >= 11 is 0. The molecule has 0 amide bonds. The van der Waals surface area contributed by atoms with Crippen molar-refractivity contribution < 1.29 is 0 Å². The predicted molar refractivity (Wildman–Crippen MR) is 241 cm³/mol. The fourth-order valence-corrected chi connectivity index (χ4v) is 11.8. The van der Waals surface area contributed by atoms with E-state index in [9.17, 15) is 0 Å². The van der Waals surface area contributed by atoms with E-state index in [1.807, 2.05) is 0 Å². The van der Waals surface area contributed by atoms with Gasteiger partial charge in [-0.2, -0.15) is 0 Å². The Balaban J connectivity index is 1.12. The zero-order valence-corrected chi connectivity index (χ0v) is 33.6. The highest BCUT2D eigenvalue weighted by atomic mass is 15.1. The summed E-state index contributed by atoms with van der Waals surface area (Å²) in [6, 6.07) is 58.5. The molecule has 7 aromatic rings. The summed E-state index contributed by atoms with van der Waals surface area (Å²) in [5.74, 6) is 3.13. The third-order valence-corrected chi connectivity index (χ3v) is 14.7. The lowest BCUT2D eigenvalue weighted by atomic mass is 9.81. The molecule has 0 aromatic heterocycles. The molecule has 1 heteroatoms. The van der Waals surface area contributed by atoms with Gasteiger partial charge in [-0.25, -0.2) is 0 Å². The predicted octanol–water partition coefficient (Wildman–Crippen LogP) is 15.9. The van der Waals surface area contributed by atoms with Crippen LogP contribution in [0, 0.1) is 11.8 Å². The molecule has 2 bridgehead atoms. The minimum atomic E-state index is -0.124. The number of rotatable bonds is 7. The van der Waals surface area contributed by atoms with Gasteiger partial charge in [0.1, 0.15) is 0 Å². The third kappa shape index (κ3) is 5.96. The standard InChI is InChI=1S/C56H53N/c1-56(2)53-22-11-10-21-49(53)52-35-51(44-26-25-38-13-6-7-16-41(38)33-44)55(36-54(52)56)57(45-29-27-40(28-30-45)50-32-37-23-24-43(50)31-37)46-18-12-17-42(34-46)48-20-9-8-19-47(48)39-14-4-3-5-15-39/h6-13,16-22,25-30,33-37,39,43,50H,3-5,14-15,23-24,31-32H2,1-2H3. The van der Waals surface area contributed by atoms with Crippen LogP contribution in [0.4, 0.5) is 17.1 Å². The Kier molecular flexibility index (Phi) is 8.50. The lowest BCUT2D eigenvalue weighted by Crippen LogP contribution is -2.17. The molecule has 282 valence electrons. The molecular formula is C56H53N. The van der Waals surface area contributed by atoms with E-state index in [1.165, 1.54) is 141 Å². The van der Waals surface area contributed by atoms with E-state index in [4.69, 9.17) is 0 Å². The van der Waals surface area contributed by atoms with Crippen LogP contribution >= 0.6 is 0 Å². The maximum atomic E-state index is 2.58. The second-order valence-corrected chi connectivity index (χ2v) is 18.3. The summed E-state index contributed by atoms with van der Waals surface area (Å²) in [5.41, 5.74) is 17.3. The molecule has 4 aliphatic carbocycles. The van der Waals surface area contributed by atoms with Gasteiger partial charge in [-0.3, -0.25) is 0 Å². The van der Waals surface area contributed by atoms with Crippen LogP contribution in [-0.4, -0.2) is 0 Å². The fourth-order valence-electron chi connectivity index (χ4n) is 11.8. The van der Waals surface area contributed by atoms with E-state index < -0.39 is 0 Å². The van der Waals surface area contributed by atoms with Gasteiger partial charge in [0.25, 0.3) is 0 Å². The highest BCUT2D eigenvalue weighted by Crippen LogP contribution is 2.55. The molecule has 0 N–H and O–H groups in total. The maximum Gasteiger partial charge on any atom is 0.0543 e. The SMILES string of the molecule is CC1(C)c2ccccc2-c2cc(-c3ccc4ccccc4c3)c(N(c3ccc(C4CC5CCC4C5)cc3)c3cccc(-c4ccccc4C4CCCCC4)c3)cc21. The second-order valence-electron chi connectivity index (χ2n) is 18.3. The molecule has 4 aliphatic rings. The molecule has 0 saturated heterocycles. The van der Waals surface area contributed by atoms with Crippen molar-refractivity contribution in [3.05, 3.63) is 174 Å². The molecule has 7 aromatic carbocycles. The van der Waals surface area contributed by atoms with E-state index in [0.29, 0.717) is 11.8 Å². The number of benzene rings is 7. The molecule has 3 atom stereocenters. The molecular weight excluding hydrogens is 687 g/mol. The van der Waals surface area contributed by atoms with E-state index in [0.717, 1.165) is 11.8 Å². The van der Waals surface area contributed by atoms with Crippen LogP contribution in [0.2, 0.25) is 0 Å². The van der Waals surface area contributed by atoms with Crippen LogP contribution in [0.1, 0.15) is 106 Å². The molecule has 1 nitrogen and oxygen atoms in total. The number of hydrogen-bond acceptors (Lipinski definition) is 1. The number of hydrogen-bond donors (Lipinski definition) is 0. The van der Waals surface area contributed by atoms with Gasteiger partial charge in [0, 0.05) is 22.4 Å². The van der Waals surface area contributed by atoms with Gasteiger partial charge in [0.15, 0.2) is 0 Å². The highest BCUT2D eigenvalue weighted by Gasteiger charge is 2.40. The lowest BCUT2D eigenvalue weighted by Gasteiger charge is -2.31. The van der Waals surface area contributed by atoms with Crippen molar-refractivity contribution in [2.75, 3.05) is 4.90 Å². The Morgan fingerprint density at radius 3 is 2.05 bits per heavy atom. The maximum absolute atomic E-state index is 2.58. The largest absolute Gasteiger partial charge is 0.310 e. The van der Waals surface area contributed by atoms with Crippen molar-refractivity contribution in [3.8, 4) is 33.4 Å². The Morgan fingerprint density at radius 1 is 0.491 bits per heavy atom. The van der Waals surface area contributed by atoms with E-state index in [-0.39, 0.29) is 5.41 Å². The van der Waals surface area contributed by atoms with Crippen molar-refractivity contribution in [1.82, 2.24) is 0 Å².